The Hall–Kier alpha value is -0.0105. The molecule has 13 heavy (non-hydrogen) atoms. The van der Waals surface area contributed by atoms with E-state index in [1.165, 1.54) is 0 Å². The fraction of sp³-hybridized carbons (Fsp3) is 0.833. The zero-order valence-electron chi connectivity index (χ0n) is 6.65. The zero-order chi connectivity index (χ0) is 9.72. The molecule has 0 aromatic rings. The van der Waals surface area contributed by atoms with Crippen molar-refractivity contribution in [3.63, 3.8) is 0 Å². The predicted molar refractivity (Wildman–Crippen MR) is 42.9 cm³/mol. The van der Waals surface area contributed by atoms with Crippen molar-refractivity contribution < 1.29 is 30.3 Å². The number of carbonyl (C=O) groups is 1. The van der Waals surface area contributed by atoms with Crippen LogP contribution in [-0.2, 0) is 4.79 Å². The molecule has 0 fully saturated rings. The normalized spacial score (nSPS) is 19.5. The molecule has 0 bridgehead atoms. The van der Waals surface area contributed by atoms with Crippen LogP contribution in [0.4, 0.5) is 0 Å². The van der Waals surface area contributed by atoms with E-state index in [-0.39, 0.29) is 23.4 Å². The Morgan fingerprint density at radius 3 is 1.85 bits per heavy atom. The summed E-state index contributed by atoms with van der Waals surface area (Å²) in [6.07, 6.45) is -6.84. The van der Waals surface area contributed by atoms with Crippen molar-refractivity contribution in [2.45, 2.75) is 24.4 Å². The number of rotatable bonds is 5. The fourth-order valence-electron chi connectivity index (χ4n) is 0.618. The minimum absolute atomic E-state index is 0. The van der Waals surface area contributed by atoms with E-state index in [0.717, 1.165) is 0 Å². The van der Waals surface area contributed by atoms with Gasteiger partial charge in [-0.1, -0.05) is 0 Å². The molecule has 0 saturated heterocycles. The first-order chi connectivity index (χ1) is 5.54. The molecule has 4 atom stereocenters. The standard InChI is InChI=1S/C6H12O6.Se/c7-1-3(9)5(11)6(12)4(10)2-8;/h1,3-6,8-12H,2H2;/t3-,4+,5+,6-;/m0./s1. The molecule has 0 aliphatic heterocycles. The van der Waals surface area contributed by atoms with Gasteiger partial charge in [0.2, 0.25) is 0 Å². The second kappa shape index (κ2) is 7.40. The monoisotopic (exact) mass is 260 g/mol. The van der Waals surface area contributed by atoms with E-state index >= 15 is 0 Å². The maximum Gasteiger partial charge on any atom is 0.151 e. The Balaban J connectivity index is 0. The summed E-state index contributed by atoms with van der Waals surface area (Å²) in [5.41, 5.74) is 0. The van der Waals surface area contributed by atoms with Crippen molar-refractivity contribution in [1.82, 2.24) is 0 Å². The third-order valence-corrected chi connectivity index (χ3v) is 1.42. The van der Waals surface area contributed by atoms with Crippen molar-refractivity contribution in [3.8, 4) is 0 Å². The van der Waals surface area contributed by atoms with E-state index < -0.39 is 31.0 Å². The van der Waals surface area contributed by atoms with Gasteiger partial charge in [0.15, 0.2) is 6.29 Å². The van der Waals surface area contributed by atoms with Crippen LogP contribution in [0.3, 0.4) is 0 Å². The molecule has 2 radical (unpaired) electrons. The van der Waals surface area contributed by atoms with Crippen LogP contribution in [0.25, 0.3) is 0 Å². The number of aliphatic hydroxyl groups excluding tert-OH is 5. The van der Waals surface area contributed by atoms with Crippen LogP contribution in [0.1, 0.15) is 0 Å². The fourth-order valence-corrected chi connectivity index (χ4v) is 0.618. The maximum absolute atomic E-state index is 9.90. The summed E-state index contributed by atoms with van der Waals surface area (Å²) in [6.45, 7) is -0.760. The molecule has 0 aliphatic rings. The minimum atomic E-state index is -1.79. The summed E-state index contributed by atoms with van der Waals surface area (Å²) in [5, 5.41) is 43.5. The van der Waals surface area contributed by atoms with Crippen LogP contribution in [0, 0.1) is 0 Å². The quantitative estimate of drug-likeness (QED) is 0.255. The van der Waals surface area contributed by atoms with E-state index in [9.17, 15) is 4.79 Å². The van der Waals surface area contributed by atoms with Crippen LogP contribution in [0.15, 0.2) is 0 Å². The molecule has 0 spiro atoms. The van der Waals surface area contributed by atoms with E-state index in [0.29, 0.717) is 0 Å². The van der Waals surface area contributed by atoms with Crippen molar-refractivity contribution in [1.29, 1.82) is 0 Å². The topological polar surface area (TPSA) is 118 Å². The van der Waals surface area contributed by atoms with Crippen LogP contribution in [-0.4, -0.2) is 79.9 Å². The summed E-state index contributed by atoms with van der Waals surface area (Å²) in [5.74, 6) is 0. The van der Waals surface area contributed by atoms with Crippen molar-refractivity contribution in [2.75, 3.05) is 6.61 Å². The first-order valence-electron chi connectivity index (χ1n) is 3.33. The Morgan fingerprint density at radius 1 is 1.08 bits per heavy atom. The van der Waals surface area contributed by atoms with Gasteiger partial charge in [-0.25, -0.2) is 0 Å². The zero-order valence-corrected chi connectivity index (χ0v) is 8.36. The Bertz CT molecular complexity index is 143. The van der Waals surface area contributed by atoms with Crippen LogP contribution in [0.5, 0.6) is 0 Å². The summed E-state index contributed by atoms with van der Waals surface area (Å²) in [6, 6.07) is 0. The first-order valence-corrected chi connectivity index (χ1v) is 3.33. The second-order valence-corrected chi connectivity index (χ2v) is 2.36. The van der Waals surface area contributed by atoms with Crippen LogP contribution in [0.2, 0.25) is 0 Å². The SMILES string of the molecule is O=C[C@H](O)[C@@H](O)[C@@H](O)[C@H](O)CO.[Se]. The summed E-state index contributed by atoms with van der Waals surface area (Å²) >= 11 is 0. The van der Waals surface area contributed by atoms with E-state index in [1.807, 2.05) is 0 Å². The number of hydrogen-bond acceptors (Lipinski definition) is 6. The van der Waals surface area contributed by atoms with Gasteiger partial charge in [-0.15, -0.1) is 0 Å². The third kappa shape index (κ3) is 4.68. The number of hydrogen-bond donors (Lipinski definition) is 5. The predicted octanol–water partition coefficient (Wildman–Crippen LogP) is -3.76. The van der Waals surface area contributed by atoms with Gasteiger partial charge in [0.05, 0.1) is 6.61 Å². The Kier molecular flexibility index (Phi) is 8.80. The molecule has 5 N–H and O–H groups in total. The molecule has 0 aromatic heterocycles. The average Bonchev–Trinajstić information content (AvgIpc) is 2.12. The van der Waals surface area contributed by atoms with Gasteiger partial charge in [-0.2, -0.15) is 0 Å². The van der Waals surface area contributed by atoms with E-state index in [4.69, 9.17) is 25.5 Å². The largest absolute Gasteiger partial charge is 0.394 e. The number of carbonyl (C=O) groups excluding carboxylic acids is 1. The summed E-state index contributed by atoms with van der Waals surface area (Å²) < 4.78 is 0. The van der Waals surface area contributed by atoms with Gasteiger partial charge in [0.1, 0.15) is 24.4 Å². The summed E-state index contributed by atoms with van der Waals surface area (Å²) in [4.78, 5) is 9.90. The smallest absolute Gasteiger partial charge is 0.151 e. The molecule has 0 amide bonds. The molecule has 6 nitrogen and oxygen atoms in total. The molecular formula is C6H12O6Se. The van der Waals surface area contributed by atoms with Gasteiger partial charge in [0, 0.05) is 17.1 Å². The van der Waals surface area contributed by atoms with Crippen molar-refractivity contribution in [3.05, 3.63) is 0 Å². The minimum Gasteiger partial charge on any atom is -0.394 e. The molecule has 0 saturated carbocycles. The van der Waals surface area contributed by atoms with Gasteiger partial charge < -0.3 is 30.3 Å². The van der Waals surface area contributed by atoms with Crippen molar-refractivity contribution in [2.24, 2.45) is 0 Å². The summed E-state index contributed by atoms with van der Waals surface area (Å²) in [7, 11) is 0. The molecule has 0 heterocycles. The van der Waals surface area contributed by atoms with Crippen LogP contribution >= 0.6 is 0 Å². The van der Waals surface area contributed by atoms with Gasteiger partial charge in [-0.3, -0.25) is 0 Å². The van der Waals surface area contributed by atoms with E-state index in [2.05, 4.69) is 0 Å². The van der Waals surface area contributed by atoms with Gasteiger partial charge in [-0.05, 0) is 0 Å². The van der Waals surface area contributed by atoms with E-state index in [1.54, 1.807) is 0 Å². The second-order valence-electron chi connectivity index (χ2n) is 2.36. The number of aliphatic hydroxyl groups is 5. The molecule has 78 valence electrons. The van der Waals surface area contributed by atoms with Crippen LogP contribution < -0.4 is 0 Å². The first kappa shape index (κ1) is 15.5. The molecule has 7 heteroatoms. The Morgan fingerprint density at radius 2 is 1.54 bits per heavy atom. The average molecular weight is 259 g/mol. The van der Waals surface area contributed by atoms with Gasteiger partial charge in [0.25, 0.3) is 0 Å². The third-order valence-electron chi connectivity index (χ3n) is 1.42. The molecule has 0 unspecified atom stereocenters. The Labute approximate surface area is 85.3 Å². The maximum atomic E-state index is 9.90. The molecular weight excluding hydrogens is 247 g/mol. The number of aldehydes is 1. The molecule has 0 rings (SSSR count). The molecule has 0 aromatic carbocycles. The van der Waals surface area contributed by atoms with Gasteiger partial charge >= 0.3 is 0 Å². The van der Waals surface area contributed by atoms with Crippen molar-refractivity contribution >= 4 is 23.4 Å². The molecule has 0 aliphatic carbocycles.